The summed E-state index contributed by atoms with van der Waals surface area (Å²) in [5.41, 5.74) is 2.36. The molecule has 0 aromatic heterocycles. The lowest BCUT2D eigenvalue weighted by Gasteiger charge is -2.29. The Kier molecular flexibility index (Phi) is 3.57. The zero-order valence-electron chi connectivity index (χ0n) is 12.1. The van der Waals surface area contributed by atoms with Gasteiger partial charge in [0.2, 0.25) is 0 Å². The van der Waals surface area contributed by atoms with E-state index in [1.54, 1.807) is 5.01 Å². The van der Waals surface area contributed by atoms with Gasteiger partial charge in [-0.25, -0.2) is 5.01 Å². The summed E-state index contributed by atoms with van der Waals surface area (Å²) in [4.78, 5) is 14.6. The highest BCUT2D eigenvalue weighted by Crippen LogP contribution is 2.26. The van der Waals surface area contributed by atoms with Crippen LogP contribution in [0.5, 0.6) is 0 Å². The number of hydrogen-bond donors (Lipinski definition) is 0. The molecule has 1 atom stereocenters. The standard InChI is InChI=1S/C16H21N3O/c1-12(2)19-16(20)14-8-9-18(11-15(14)17-19)10-13-6-4-3-5-7-13/h3-7,12,14H,8-11H2,1-2H3. The lowest BCUT2D eigenvalue weighted by molar-refractivity contribution is -0.133. The molecule has 1 aromatic carbocycles. The second kappa shape index (κ2) is 5.37. The van der Waals surface area contributed by atoms with E-state index in [9.17, 15) is 4.79 Å². The van der Waals surface area contributed by atoms with Crippen molar-refractivity contribution in [1.82, 2.24) is 9.91 Å². The third kappa shape index (κ3) is 2.48. The van der Waals surface area contributed by atoms with E-state index in [1.807, 2.05) is 19.9 Å². The summed E-state index contributed by atoms with van der Waals surface area (Å²) < 4.78 is 0. The number of rotatable bonds is 3. The van der Waals surface area contributed by atoms with E-state index in [1.165, 1.54) is 5.56 Å². The Hall–Kier alpha value is -1.68. The Balaban J connectivity index is 1.69. The fourth-order valence-corrected chi connectivity index (χ4v) is 2.96. The molecule has 0 N–H and O–H groups in total. The van der Waals surface area contributed by atoms with Crippen LogP contribution in [0.1, 0.15) is 25.8 Å². The molecule has 1 unspecified atom stereocenters. The number of nitrogens with zero attached hydrogens (tertiary/aromatic N) is 3. The summed E-state index contributed by atoms with van der Waals surface area (Å²) in [6.45, 7) is 6.75. The molecule has 0 radical (unpaired) electrons. The van der Waals surface area contributed by atoms with E-state index in [0.717, 1.165) is 31.8 Å². The van der Waals surface area contributed by atoms with Gasteiger partial charge in [-0.05, 0) is 25.8 Å². The minimum absolute atomic E-state index is 0.0319. The van der Waals surface area contributed by atoms with Gasteiger partial charge < -0.3 is 0 Å². The smallest absolute Gasteiger partial charge is 0.251 e. The van der Waals surface area contributed by atoms with E-state index in [-0.39, 0.29) is 17.9 Å². The maximum absolute atomic E-state index is 12.2. The Labute approximate surface area is 120 Å². The van der Waals surface area contributed by atoms with E-state index < -0.39 is 0 Å². The second-order valence-corrected chi connectivity index (χ2v) is 5.91. The Morgan fingerprint density at radius 1 is 1.30 bits per heavy atom. The van der Waals surface area contributed by atoms with Gasteiger partial charge in [0.05, 0.1) is 11.6 Å². The molecule has 106 valence electrons. The number of benzene rings is 1. The molecule has 1 aromatic rings. The monoisotopic (exact) mass is 271 g/mol. The molecular formula is C16H21N3O. The van der Waals surface area contributed by atoms with Crippen LogP contribution in [0, 0.1) is 5.92 Å². The van der Waals surface area contributed by atoms with Crippen LogP contribution < -0.4 is 0 Å². The second-order valence-electron chi connectivity index (χ2n) is 5.91. The van der Waals surface area contributed by atoms with Crippen molar-refractivity contribution in [3.05, 3.63) is 35.9 Å². The van der Waals surface area contributed by atoms with Crippen molar-refractivity contribution in [2.24, 2.45) is 11.0 Å². The topological polar surface area (TPSA) is 35.9 Å². The molecule has 1 saturated heterocycles. The van der Waals surface area contributed by atoms with Crippen molar-refractivity contribution in [2.75, 3.05) is 13.1 Å². The van der Waals surface area contributed by atoms with Gasteiger partial charge in [-0.2, -0.15) is 5.10 Å². The van der Waals surface area contributed by atoms with Crippen LogP contribution >= 0.6 is 0 Å². The SMILES string of the molecule is CC(C)N1N=C2CN(Cc3ccccc3)CCC2C1=O. The predicted octanol–water partition coefficient (Wildman–Crippen LogP) is 2.12. The molecule has 4 nitrogen and oxygen atoms in total. The third-order valence-electron chi connectivity index (χ3n) is 4.02. The molecule has 4 heteroatoms. The van der Waals surface area contributed by atoms with Crippen molar-refractivity contribution in [2.45, 2.75) is 32.9 Å². The quantitative estimate of drug-likeness (QED) is 0.844. The zero-order chi connectivity index (χ0) is 14.1. The number of carbonyl (C=O) groups is 1. The van der Waals surface area contributed by atoms with Crippen LogP contribution in [0.15, 0.2) is 35.4 Å². The van der Waals surface area contributed by atoms with Crippen molar-refractivity contribution >= 4 is 11.6 Å². The molecule has 20 heavy (non-hydrogen) atoms. The average molecular weight is 271 g/mol. The highest BCUT2D eigenvalue weighted by molar-refractivity contribution is 6.09. The van der Waals surface area contributed by atoms with Crippen LogP contribution in [0.2, 0.25) is 0 Å². The lowest BCUT2D eigenvalue weighted by Crippen LogP contribution is -2.42. The summed E-state index contributed by atoms with van der Waals surface area (Å²) in [6.07, 6.45) is 0.897. The van der Waals surface area contributed by atoms with Crippen molar-refractivity contribution in [3.63, 3.8) is 0 Å². The number of carbonyl (C=O) groups excluding carboxylic acids is 1. The molecule has 0 saturated carbocycles. The van der Waals surface area contributed by atoms with E-state index >= 15 is 0 Å². The normalized spacial score (nSPS) is 23.1. The minimum Gasteiger partial charge on any atom is -0.293 e. The summed E-state index contributed by atoms with van der Waals surface area (Å²) in [7, 11) is 0. The summed E-state index contributed by atoms with van der Waals surface area (Å²) in [6, 6.07) is 10.6. The molecular weight excluding hydrogens is 250 g/mol. The molecule has 1 fully saturated rings. The van der Waals surface area contributed by atoms with E-state index in [0.29, 0.717) is 0 Å². The number of fused-ring (bicyclic) bond motifs is 1. The Bertz CT molecular complexity index is 524. The van der Waals surface area contributed by atoms with Crippen LogP contribution in [0.4, 0.5) is 0 Å². The van der Waals surface area contributed by atoms with Crippen LogP contribution in [0.25, 0.3) is 0 Å². The Morgan fingerprint density at radius 2 is 2.05 bits per heavy atom. The number of hydrazone groups is 1. The van der Waals surface area contributed by atoms with Crippen LogP contribution in [-0.4, -0.2) is 40.7 Å². The lowest BCUT2D eigenvalue weighted by atomic mass is 9.94. The van der Waals surface area contributed by atoms with Gasteiger partial charge >= 0.3 is 0 Å². The first-order valence-corrected chi connectivity index (χ1v) is 7.32. The first kappa shape index (κ1) is 13.3. The fraction of sp³-hybridized carbons (Fsp3) is 0.500. The number of amides is 1. The first-order chi connectivity index (χ1) is 9.65. The molecule has 0 bridgehead atoms. The van der Waals surface area contributed by atoms with Gasteiger partial charge in [-0.1, -0.05) is 30.3 Å². The zero-order valence-corrected chi connectivity index (χ0v) is 12.1. The van der Waals surface area contributed by atoms with Crippen molar-refractivity contribution in [3.8, 4) is 0 Å². The van der Waals surface area contributed by atoms with Crippen LogP contribution in [0.3, 0.4) is 0 Å². The van der Waals surface area contributed by atoms with Gasteiger partial charge in [-0.15, -0.1) is 0 Å². The van der Waals surface area contributed by atoms with Gasteiger partial charge in [0.15, 0.2) is 0 Å². The van der Waals surface area contributed by atoms with E-state index in [2.05, 4.69) is 34.3 Å². The summed E-state index contributed by atoms with van der Waals surface area (Å²) in [5, 5.41) is 6.20. The average Bonchev–Trinajstić information content (AvgIpc) is 2.77. The van der Waals surface area contributed by atoms with Crippen molar-refractivity contribution < 1.29 is 4.79 Å². The fourth-order valence-electron chi connectivity index (χ4n) is 2.96. The van der Waals surface area contributed by atoms with E-state index in [4.69, 9.17) is 0 Å². The van der Waals surface area contributed by atoms with Crippen molar-refractivity contribution in [1.29, 1.82) is 0 Å². The maximum atomic E-state index is 12.2. The van der Waals surface area contributed by atoms with Gasteiger partial charge in [0.25, 0.3) is 5.91 Å². The molecule has 1 amide bonds. The molecule has 2 aliphatic rings. The molecule has 0 aliphatic carbocycles. The molecule has 2 aliphatic heterocycles. The number of likely N-dealkylation sites (tertiary alicyclic amines) is 1. The largest absolute Gasteiger partial charge is 0.293 e. The number of hydrogen-bond acceptors (Lipinski definition) is 3. The number of piperidine rings is 1. The maximum Gasteiger partial charge on any atom is 0.251 e. The third-order valence-corrected chi connectivity index (χ3v) is 4.02. The summed E-state index contributed by atoms with van der Waals surface area (Å²) in [5.74, 6) is 0.221. The minimum atomic E-state index is 0.0319. The predicted molar refractivity (Wildman–Crippen MR) is 79.2 cm³/mol. The van der Waals surface area contributed by atoms with Gasteiger partial charge in [0.1, 0.15) is 0 Å². The molecule has 0 spiro atoms. The Morgan fingerprint density at radius 3 is 2.75 bits per heavy atom. The highest BCUT2D eigenvalue weighted by atomic mass is 16.2. The van der Waals surface area contributed by atoms with Crippen LogP contribution in [-0.2, 0) is 11.3 Å². The first-order valence-electron chi connectivity index (χ1n) is 7.32. The summed E-state index contributed by atoms with van der Waals surface area (Å²) >= 11 is 0. The highest BCUT2D eigenvalue weighted by Gasteiger charge is 2.39. The van der Waals surface area contributed by atoms with Gasteiger partial charge in [0, 0.05) is 25.7 Å². The van der Waals surface area contributed by atoms with Gasteiger partial charge in [-0.3, -0.25) is 9.69 Å². The molecule has 3 rings (SSSR count). The molecule has 2 heterocycles.